The first-order valence-corrected chi connectivity index (χ1v) is 9.35. The van der Waals surface area contributed by atoms with E-state index in [4.69, 9.17) is 14.2 Å². The van der Waals surface area contributed by atoms with Gasteiger partial charge < -0.3 is 19.3 Å². The second-order valence-corrected chi connectivity index (χ2v) is 7.62. The van der Waals surface area contributed by atoms with Crippen molar-refractivity contribution in [1.29, 1.82) is 0 Å². The van der Waals surface area contributed by atoms with Gasteiger partial charge in [-0.1, -0.05) is 27.2 Å². The van der Waals surface area contributed by atoms with Crippen molar-refractivity contribution in [3.63, 3.8) is 0 Å². The number of hydrogen-bond donors (Lipinski definition) is 1. The van der Waals surface area contributed by atoms with Gasteiger partial charge in [0.25, 0.3) is 0 Å². The Morgan fingerprint density at radius 3 is 2.62 bits per heavy atom. The molecule has 1 N–H and O–H groups in total. The van der Waals surface area contributed by atoms with Gasteiger partial charge in [0.1, 0.15) is 0 Å². The zero-order chi connectivity index (χ0) is 18.3. The molecule has 1 aliphatic heterocycles. The van der Waals surface area contributed by atoms with Gasteiger partial charge in [0.05, 0.1) is 31.3 Å². The maximum absolute atomic E-state index is 11.8. The highest BCUT2D eigenvalue weighted by Gasteiger charge is 2.34. The molecule has 5 nitrogen and oxygen atoms in total. The molecule has 5 heteroatoms. The molecule has 1 fully saturated rings. The van der Waals surface area contributed by atoms with Gasteiger partial charge in [0, 0.05) is 5.92 Å². The lowest BCUT2D eigenvalue weighted by Crippen LogP contribution is -2.44. The van der Waals surface area contributed by atoms with Gasteiger partial charge in [-0.05, 0) is 45.4 Å². The van der Waals surface area contributed by atoms with Gasteiger partial charge >= 0.3 is 5.97 Å². The van der Waals surface area contributed by atoms with Crippen LogP contribution in [0.15, 0.2) is 0 Å². The number of carbonyl (C=O) groups excluding carboxylic acids is 1. The van der Waals surface area contributed by atoms with Crippen molar-refractivity contribution in [1.82, 2.24) is 0 Å². The van der Waals surface area contributed by atoms with Crippen molar-refractivity contribution in [2.75, 3.05) is 6.61 Å². The molecule has 0 aromatic rings. The summed E-state index contributed by atoms with van der Waals surface area (Å²) in [7, 11) is 0. The van der Waals surface area contributed by atoms with Gasteiger partial charge in [-0.15, -0.1) is 0 Å². The van der Waals surface area contributed by atoms with Crippen LogP contribution in [-0.4, -0.2) is 42.3 Å². The minimum Gasteiger partial charge on any atom is -0.466 e. The standard InChI is InChI=1S/C19H36O5/c1-7-19(6,12-17(21)22-8-2)10-9-14(4)23-18-13(3)11-16(20)15(5)24-18/h13-16,18,20H,7-12H2,1-6H3/t13-,14-,15+,16-,18-,19-/m1/s1. The molecule has 0 bridgehead atoms. The van der Waals surface area contributed by atoms with E-state index in [1.807, 2.05) is 27.7 Å². The van der Waals surface area contributed by atoms with E-state index < -0.39 is 6.10 Å². The Balaban J connectivity index is 2.45. The first-order chi connectivity index (χ1) is 11.2. The van der Waals surface area contributed by atoms with E-state index in [1.165, 1.54) is 0 Å². The lowest BCUT2D eigenvalue weighted by atomic mass is 9.79. The predicted octanol–water partition coefficient (Wildman–Crippen LogP) is 3.67. The van der Waals surface area contributed by atoms with Crippen molar-refractivity contribution in [2.45, 2.75) is 98.2 Å². The molecule has 0 saturated carbocycles. The van der Waals surface area contributed by atoms with Gasteiger partial charge in [-0.25, -0.2) is 0 Å². The van der Waals surface area contributed by atoms with E-state index in [-0.39, 0.29) is 35.8 Å². The minimum atomic E-state index is -0.414. The summed E-state index contributed by atoms with van der Waals surface area (Å²) in [5.74, 6) is 0.0539. The molecule has 0 aromatic carbocycles. The normalized spacial score (nSPS) is 31.3. The minimum absolute atomic E-state index is 0.0490. The van der Waals surface area contributed by atoms with Crippen LogP contribution in [-0.2, 0) is 19.0 Å². The van der Waals surface area contributed by atoms with E-state index in [0.29, 0.717) is 19.4 Å². The van der Waals surface area contributed by atoms with Crippen LogP contribution in [0.1, 0.15) is 73.6 Å². The van der Waals surface area contributed by atoms with Crippen molar-refractivity contribution < 1.29 is 24.1 Å². The Bertz CT molecular complexity index is 386. The van der Waals surface area contributed by atoms with Crippen LogP contribution in [0, 0.1) is 11.3 Å². The van der Waals surface area contributed by atoms with Crippen LogP contribution in [0.4, 0.5) is 0 Å². The molecule has 0 amide bonds. The zero-order valence-electron chi connectivity index (χ0n) is 16.2. The maximum Gasteiger partial charge on any atom is 0.306 e. The number of aliphatic hydroxyl groups is 1. The Hall–Kier alpha value is -0.650. The van der Waals surface area contributed by atoms with Crippen LogP contribution in [0.25, 0.3) is 0 Å². The Labute approximate surface area is 147 Å². The largest absolute Gasteiger partial charge is 0.466 e. The number of esters is 1. The highest BCUT2D eigenvalue weighted by molar-refractivity contribution is 5.70. The average Bonchev–Trinajstić information content (AvgIpc) is 2.51. The SMILES string of the molecule is CCOC(=O)C[C@](C)(CC)CC[C@@H](C)O[C@@H]1O[C@@H](C)[C@H](O)C[C@H]1C. The fourth-order valence-corrected chi connectivity index (χ4v) is 3.09. The lowest BCUT2D eigenvalue weighted by Gasteiger charge is -2.38. The van der Waals surface area contributed by atoms with E-state index in [1.54, 1.807) is 0 Å². The summed E-state index contributed by atoms with van der Waals surface area (Å²) in [6.07, 6.45) is 3.03. The third kappa shape index (κ3) is 6.69. The third-order valence-corrected chi connectivity index (χ3v) is 5.22. The molecule has 1 rings (SSSR count). The summed E-state index contributed by atoms with van der Waals surface area (Å²) >= 11 is 0. The maximum atomic E-state index is 11.8. The van der Waals surface area contributed by atoms with E-state index in [0.717, 1.165) is 19.3 Å². The smallest absolute Gasteiger partial charge is 0.306 e. The Morgan fingerprint density at radius 2 is 2.04 bits per heavy atom. The molecule has 0 unspecified atom stereocenters. The van der Waals surface area contributed by atoms with E-state index in [9.17, 15) is 9.90 Å². The number of rotatable bonds is 9. The third-order valence-electron chi connectivity index (χ3n) is 5.22. The summed E-state index contributed by atoms with van der Waals surface area (Å²) in [5, 5.41) is 9.85. The zero-order valence-corrected chi connectivity index (χ0v) is 16.2. The molecule has 0 spiro atoms. The topological polar surface area (TPSA) is 65.0 Å². The van der Waals surface area contributed by atoms with E-state index in [2.05, 4.69) is 13.8 Å². The molecular formula is C19H36O5. The van der Waals surface area contributed by atoms with Crippen molar-refractivity contribution >= 4 is 5.97 Å². The summed E-state index contributed by atoms with van der Waals surface area (Å²) in [6.45, 7) is 12.5. The number of hydrogen-bond acceptors (Lipinski definition) is 5. The summed E-state index contributed by atoms with van der Waals surface area (Å²) in [4.78, 5) is 11.8. The lowest BCUT2D eigenvalue weighted by molar-refractivity contribution is -0.255. The van der Waals surface area contributed by atoms with Crippen LogP contribution in [0.5, 0.6) is 0 Å². The van der Waals surface area contributed by atoms with Crippen LogP contribution >= 0.6 is 0 Å². The fraction of sp³-hybridized carbons (Fsp3) is 0.947. The molecular weight excluding hydrogens is 308 g/mol. The predicted molar refractivity (Wildman–Crippen MR) is 93.6 cm³/mol. The van der Waals surface area contributed by atoms with Crippen LogP contribution in [0.2, 0.25) is 0 Å². The van der Waals surface area contributed by atoms with Crippen molar-refractivity contribution in [3.05, 3.63) is 0 Å². The van der Waals surface area contributed by atoms with Gasteiger partial charge in [-0.3, -0.25) is 4.79 Å². The summed E-state index contributed by atoms with van der Waals surface area (Å²) in [6, 6.07) is 0. The molecule has 1 aliphatic rings. The first-order valence-electron chi connectivity index (χ1n) is 9.35. The van der Waals surface area contributed by atoms with Crippen molar-refractivity contribution in [2.24, 2.45) is 11.3 Å². The van der Waals surface area contributed by atoms with Crippen molar-refractivity contribution in [3.8, 4) is 0 Å². The van der Waals surface area contributed by atoms with Gasteiger partial charge in [-0.2, -0.15) is 0 Å². The Kier molecular flexibility index (Phi) is 8.68. The van der Waals surface area contributed by atoms with Gasteiger partial charge in [0.15, 0.2) is 6.29 Å². The summed E-state index contributed by atoms with van der Waals surface area (Å²) in [5.41, 5.74) is -0.0631. The molecule has 142 valence electrons. The number of aliphatic hydroxyl groups excluding tert-OH is 1. The molecule has 24 heavy (non-hydrogen) atoms. The highest BCUT2D eigenvalue weighted by atomic mass is 16.7. The average molecular weight is 344 g/mol. The second-order valence-electron chi connectivity index (χ2n) is 7.62. The monoisotopic (exact) mass is 344 g/mol. The van der Waals surface area contributed by atoms with E-state index >= 15 is 0 Å². The summed E-state index contributed by atoms with van der Waals surface area (Å²) < 4.78 is 16.9. The number of carbonyl (C=O) groups is 1. The Morgan fingerprint density at radius 1 is 1.38 bits per heavy atom. The molecule has 0 radical (unpaired) electrons. The molecule has 1 heterocycles. The quantitative estimate of drug-likeness (QED) is 0.647. The van der Waals surface area contributed by atoms with Crippen LogP contribution < -0.4 is 0 Å². The fourth-order valence-electron chi connectivity index (χ4n) is 3.09. The van der Waals surface area contributed by atoms with Crippen LogP contribution in [0.3, 0.4) is 0 Å². The molecule has 0 aliphatic carbocycles. The second kappa shape index (κ2) is 9.73. The molecule has 0 aromatic heterocycles. The molecule has 1 saturated heterocycles. The molecule has 6 atom stereocenters. The number of ether oxygens (including phenoxy) is 3. The van der Waals surface area contributed by atoms with Gasteiger partial charge in [0.2, 0.25) is 0 Å². The first kappa shape index (κ1) is 21.4. The highest BCUT2D eigenvalue weighted by Crippen LogP contribution is 2.34.